The van der Waals surface area contributed by atoms with Gasteiger partial charge in [-0.25, -0.2) is 9.56 Å². The zero-order chi connectivity index (χ0) is 24.1. The van der Waals surface area contributed by atoms with E-state index >= 15 is 0 Å². The maximum absolute atomic E-state index is 8.25. The average Bonchev–Trinajstić information content (AvgIpc) is 2.84. The van der Waals surface area contributed by atoms with Crippen LogP contribution in [0.25, 0.3) is 33.3 Å². The molecule has 0 spiro atoms. The van der Waals surface area contributed by atoms with Crippen LogP contribution in [-0.2, 0) is 0 Å². The van der Waals surface area contributed by atoms with Crippen molar-refractivity contribution in [3.05, 3.63) is 99.5 Å². The summed E-state index contributed by atoms with van der Waals surface area (Å²) in [7, 11) is 0. The van der Waals surface area contributed by atoms with E-state index in [1.165, 1.54) is 15.2 Å². The molecule has 5 rings (SSSR count). The summed E-state index contributed by atoms with van der Waals surface area (Å²) in [4.78, 5) is 15.6. The summed E-state index contributed by atoms with van der Waals surface area (Å²) in [6.45, 7) is 6.27. The summed E-state index contributed by atoms with van der Waals surface area (Å²) in [5.74, 6) is 0.817. The van der Waals surface area contributed by atoms with Crippen LogP contribution in [0.15, 0.2) is 93.1 Å². The van der Waals surface area contributed by atoms with Gasteiger partial charge in [0.25, 0.3) is 0 Å². The van der Waals surface area contributed by atoms with E-state index in [0.29, 0.717) is 0 Å². The molecule has 1 aliphatic heterocycles. The molecule has 172 valence electrons. The van der Waals surface area contributed by atoms with Crippen LogP contribution in [0.5, 0.6) is 0 Å². The molecule has 2 aliphatic rings. The molecule has 0 saturated carbocycles. The van der Waals surface area contributed by atoms with Crippen molar-refractivity contribution in [3.63, 3.8) is 0 Å². The molecular formula is C26H23N3O4S. The van der Waals surface area contributed by atoms with Crippen molar-refractivity contribution in [2.45, 2.75) is 23.6 Å². The van der Waals surface area contributed by atoms with Gasteiger partial charge in [-0.15, -0.1) is 0 Å². The first-order valence-corrected chi connectivity index (χ1v) is 11.7. The molecule has 0 radical (unpaired) electrons. The van der Waals surface area contributed by atoms with Crippen molar-refractivity contribution >= 4 is 33.6 Å². The lowest BCUT2D eigenvalue weighted by atomic mass is 10.1. The average molecular weight is 474 g/mol. The Hall–Kier alpha value is -3.91. The second-order valence-electron chi connectivity index (χ2n) is 7.44. The zero-order valence-corrected chi connectivity index (χ0v) is 19.6. The molecule has 0 amide bonds. The molecule has 0 N–H and O–H groups in total. The summed E-state index contributed by atoms with van der Waals surface area (Å²) in [5.41, 5.74) is 2.61. The predicted octanol–water partition coefficient (Wildman–Crippen LogP) is 5.81. The molecule has 34 heavy (non-hydrogen) atoms. The molecule has 3 aromatic rings. The van der Waals surface area contributed by atoms with Crippen LogP contribution >= 0.6 is 11.8 Å². The molecule has 8 heteroatoms. The van der Waals surface area contributed by atoms with Crippen LogP contribution in [0.3, 0.4) is 0 Å². The summed E-state index contributed by atoms with van der Waals surface area (Å²) in [6, 6.07) is 27.3. The Bertz CT molecular complexity index is 1490. The van der Waals surface area contributed by atoms with Crippen molar-refractivity contribution in [2.75, 3.05) is 13.1 Å². The number of fused-ring (bicyclic) bond motifs is 4. The highest BCUT2D eigenvalue weighted by molar-refractivity contribution is 7.99. The van der Waals surface area contributed by atoms with Crippen LogP contribution in [0.1, 0.15) is 13.8 Å². The van der Waals surface area contributed by atoms with Crippen LogP contribution in [0, 0.1) is 15.3 Å². The summed E-state index contributed by atoms with van der Waals surface area (Å²) in [6.07, 6.45) is 0. The number of rotatable bonds is 4. The van der Waals surface area contributed by atoms with Gasteiger partial charge in [0, 0.05) is 21.2 Å². The van der Waals surface area contributed by atoms with Crippen molar-refractivity contribution in [1.29, 1.82) is 0 Å². The number of nitrogens with zero attached hydrogens (tertiary/aromatic N) is 3. The van der Waals surface area contributed by atoms with Gasteiger partial charge in [-0.05, 0) is 43.5 Å². The van der Waals surface area contributed by atoms with Gasteiger partial charge < -0.3 is 19.7 Å². The first-order chi connectivity index (χ1) is 16.5. The molecule has 7 nitrogen and oxygen atoms in total. The largest absolute Gasteiger partial charge is 0.452 e. The highest BCUT2D eigenvalue weighted by Gasteiger charge is 2.15. The van der Waals surface area contributed by atoms with Crippen molar-refractivity contribution < 1.29 is 9.50 Å². The van der Waals surface area contributed by atoms with Crippen molar-refractivity contribution in [1.82, 2.24) is 9.56 Å². The second-order valence-corrected chi connectivity index (χ2v) is 8.56. The molecule has 3 aromatic carbocycles. The number of hydrogen-bond acceptors (Lipinski definition) is 6. The maximum atomic E-state index is 8.25. The van der Waals surface area contributed by atoms with Gasteiger partial charge in [0.2, 0.25) is 5.36 Å². The topological polar surface area (TPSA) is 95.2 Å². The van der Waals surface area contributed by atoms with E-state index in [2.05, 4.69) is 91.2 Å². The lowest BCUT2D eigenvalue weighted by molar-refractivity contribution is -0.402. The number of hydrogen-bond donors (Lipinski definition) is 0. The fourth-order valence-corrected chi connectivity index (χ4v) is 4.90. The monoisotopic (exact) mass is 473 g/mol. The fraction of sp³-hybridized carbons (Fsp3) is 0.154. The third-order valence-corrected chi connectivity index (χ3v) is 6.50. The van der Waals surface area contributed by atoms with Crippen molar-refractivity contribution in [3.8, 4) is 11.5 Å². The minimum atomic E-state index is -1.75. The predicted molar refractivity (Wildman–Crippen MR) is 135 cm³/mol. The van der Waals surface area contributed by atoms with Gasteiger partial charge in [-0.1, -0.05) is 54.2 Å². The van der Waals surface area contributed by atoms with Crippen LogP contribution in [-0.4, -0.2) is 23.2 Å². The summed E-state index contributed by atoms with van der Waals surface area (Å²) >= 11 is 1.76. The molecular weight excluding hydrogens is 450 g/mol. The summed E-state index contributed by atoms with van der Waals surface area (Å²) < 4.78 is 8.73. The smallest absolute Gasteiger partial charge is 0.203 e. The Morgan fingerprint density at radius 2 is 1.53 bits per heavy atom. The van der Waals surface area contributed by atoms with Crippen LogP contribution in [0.4, 0.5) is 0 Å². The van der Waals surface area contributed by atoms with E-state index in [1.54, 1.807) is 11.8 Å². The summed E-state index contributed by atoms with van der Waals surface area (Å²) in [5, 5.41) is 18.2. The van der Waals surface area contributed by atoms with E-state index in [-0.39, 0.29) is 0 Å². The fourth-order valence-electron chi connectivity index (χ4n) is 3.90. The lowest BCUT2D eigenvalue weighted by Crippen LogP contribution is -2.29. The normalized spacial score (nSPS) is 10.8. The Labute approximate surface area is 200 Å². The maximum Gasteiger partial charge on any atom is 0.203 e. The number of benzene rings is 4. The van der Waals surface area contributed by atoms with Gasteiger partial charge in [-0.3, -0.25) is 0 Å². The highest BCUT2D eigenvalue weighted by Crippen LogP contribution is 2.38. The van der Waals surface area contributed by atoms with Gasteiger partial charge in [0.05, 0.1) is 11.2 Å². The number of aromatic nitrogens is 1. The quantitative estimate of drug-likeness (QED) is 0.107. The molecule has 0 aromatic heterocycles. The van der Waals surface area contributed by atoms with Crippen molar-refractivity contribution in [2.24, 2.45) is 0 Å². The molecule has 1 heterocycles. The first kappa shape index (κ1) is 23.3. The van der Waals surface area contributed by atoms with Gasteiger partial charge >= 0.3 is 0 Å². The Morgan fingerprint density at radius 1 is 0.882 bits per heavy atom. The van der Waals surface area contributed by atoms with Gasteiger partial charge in [0.15, 0.2) is 11.3 Å². The minimum Gasteiger partial charge on any atom is -0.452 e. The van der Waals surface area contributed by atoms with E-state index in [1.807, 2.05) is 6.07 Å². The third-order valence-electron chi connectivity index (χ3n) is 5.44. The molecule has 0 bridgehead atoms. The third kappa shape index (κ3) is 5.02. The van der Waals surface area contributed by atoms with Gasteiger partial charge in [-0.2, -0.15) is 0 Å². The van der Waals surface area contributed by atoms with E-state index < -0.39 is 5.09 Å². The molecule has 1 aliphatic carbocycles. The van der Waals surface area contributed by atoms with Gasteiger partial charge in [0.1, 0.15) is 24.3 Å². The van der Waals surface area contributed by atoms with E-state index in [9.17, 15) is 0 Å². The molecule has 0 saturated heterocycles. The zero-order valence-electron chi connectivity index (χ0n) is 18.8. The Morgan fingerprint density at radius 3 is 2.21 bits per heavy atom. The molecule has 0 atom stereocenters. The highest BCUT2D eigenvalue weighted by atomic mass is 32.2. The van der Waals surface area contributed by atoms with E-state index in [0.717, 1.165) is 46.4 Å². The lowest BCUT2D eigenvalue weighted by Gasteiger charge is -2.12. The van der Waals surface area contributed by atoms with Crippen LogP contribution in [0.2, 0.25) is 0 Å². The second kappa shape index (κ2) is 10.4. The van der Waals surface area contributed by atoms with E-state index in [4.69, 9.17) is 24.7 Å². The Kier molecular flexibility index (Phi) is 7.08. The SMILES string of the molecule is CC[N+](CC)=c1ccc2nc3c(cc(Sc4ccccc4)c4ccccc43)oc-2c1.O=[N+]([O-])[O-]. The molecule has 0 fully saturated rings. The molecule has 0 unspecified atom stereocenters. The Balaban J connectivity index is 0.000000636. The first-order valence-electron chi connectivity index (χ1n) is 10.9. The minimum absolute atomic E-state index is 0.816. The van der Waals surface area contributed by atoms with Crippen LogP contribution < -0.4 is 9.93 Å². The standard InChI is InChI=1S/C26H23N2OS.NO3/c1-3-28(4-2)18-14-15-22-23(16-18)29-24-17-25(30-19-10-6-5-7-11-19)20-12-8-9-13-21(20)26(24)27-22;2-1(3)4/h5-17H,3-4H2,1-2H3;/q+1;-1.